The molecule has 1 aliphatic carbocycles. The van der Waals surface area contributed by atoms with Crippen LogP contribution in [-0.2, 0) is 11.3 Å². The van der Waals surface area contributed by atoms with Crippen LogP contribution in [0.1, 0.15) is 71.8 Å². The zero-order chi connectivity index (χ0) is 20.8. The molecule has 2 aliphatic rings. The summed E-state index contributed by atoms with van der Waals surface area (Å²) in [6, 6.07) is 18.2. The van der Waals surface area contributed by atoms with E-state index in [0.29, 0.717) is 23.9 Å². The molecule has 1 heterocycles. The lowest BCUT2D eigenvalue weighted by atomic mass is 9.96. The molecule has 30 heavy (non-hydrogen) atoms. The third-order valence-corrected chi connectivity index (χ3v) is 7.32. The van der Waals surface area contributed by atoms with Gasteiger partial charge in [0, 0.05) is 18.2 Å². The lowest BCUT2D eigenvalue weighted by Crippen LogP contribution is -2.35. The van der Waals surface area contributed by atoms with Gasteiger partial charge in [0.1, 0.15) is 5.37 Å². The molecule has 1 aliphatic heterocycles. The minimum atomic E-state index is 0.000393. The maximum atomic E-state index is 12.7. The fraction of sp³-hybridized carbons (Fsp3) is 0.440. The van der Waals surface area contributed by atoms with E-state index in [9.17, 15) is 9.59 Å². The summed E-state index contributed by atoms with van der Waals surface area (Å²) >= 11 is 1.65. The van der Waals surface area contributed by atoms with E-state index in [0.717, 1.165) is 24.0 Å². The van der Waals surface area contributed by atoms with Crippen LogP contribution in [0.2, 0.25) is 0 Å². The maximum absolute atomic E-state index is 12.7. The molecule has 2 amide bonds. The molecule has 5 heteroatoms. The van der Waals surface area contributed by atoms with Crippen LogP contribution < -0.4 is 5.32 Å². The second kappa shape index (κ2) is 10.2. The molecule has 4 rings (SSSR count). The molecule has 4 nitrogen and oxygen atoms in total. The van der Waals surface area contributed by atoms with Gasteiger partial charge in [-0.3, -0.25) is 9.59 Å². The Morgan fingerprint density at radius 1 is 0.933 bits per heavy atom. The first kappa shape index (κ1) is 21.0. The van der Waals surface area contributed by atoms with Crippen molar-refractivity contribution in [2.24, 2.45) is 0 Å². The molecule has 158 valence electrons. The Bertz CT molecular complexity index is 845. The molecule has 2 fully saturated rings. The number of thioether (sulfide) groups is 1. The zero-order valence-corrected chi connectivity index (χ0v) is 18.2. The normalized spacial score (nSPS) is 20.6. The molecule has 0 radical (unpaired) electrons. The van der Waals surface area contributed by atoms with E-state index >= 15 is 0 Å². The summed E-state index contributed by atoms with van der Waals surface area (Å²) < 4.78 is 0. The average molecular weight is 423 g/mol. The Kier molecular flexibility index (Phi) is 7.11. The third kappa shape index (κ3) is 5.25. The third-order valence-electron chi connectivity index (χ3n) is 6.06. The quantitative estimate of drug-likeness (QED) is 0.711. The number of amides is 2. The van der Waals surface area contributed by atoms with Gasteiger partial charge in [-0.15, -0.1) is 11.8 Å². The van der Waals surface area contributed by atoms with Gasteiger partial charge >= 0.3 is 0 Å². The highest BCUT2D eigenvalue weighted by atomic mass is 32.2. The molecular formula is C25H30N2O2S. The van der Waals surface area contributed by atoms with Crippen LogP contribution in [0.4, 0.5) is 0 Å². The van der Waals surface area contributed by atoms with Gasteiger partial charge in [-0.1, -0.05) is 74.6 Å². The van der Waals surface area contributed by atoms with Gasteiger partial charge in [0.25, 0.3) is 5.91 Å². The van der Waals surface area contributed by atoms with E-state index in [4.69, 9.17) is 0 Å². The standard InChI is InChI=1S/C25H30N2O2S/c28-23-18-30-25(27(23)17-19-9-5-4-6-10-19)21-15-13-20(14-16-21)24(29)26-22-11-7-2-1-3-8-12-22/h4-6,9-10,13-16,22,25H,1-3,7-8,11-12,17-18H2,(H,26,29)/t25-/m1/s1. The average Bonchev–Trinajstić information content (AvgIpc) is 3.11. The topological polar surface area (TPSA) is 49.4 Å². The first-order valence-electron chi connectivity index (χ1n) is 11.1. The second-order valence-corrected chi connectivity index (χ2v) is 9.38. The number of benzene rings is 2. The number of carbonyl (C=O) groups excluding carboxylic acids is 2. The Balaban J connectivity index is 1.40. The Hall–Kier alpha value is -2.27. The van der Waals surface area contributed by atoms with E-state index in [1.165, 1.54) is 32.1 Å². The number of nitrogens with zero attached hydrogens (tertiary/aromatic N) is 1. The summed E-state index contributed by atoms with van der Waals surface area (Å²) in [5, 5.41) is 3.23. The number of hydrogen-bond acceptors (Lipinski definition) is 3. The Morgan fingerprint density at radius 3 is 2.30 bits per heavy atom. The number of nitrogens with one attached hydrogen (secondary N) is 1. The molecule has 2 aromatic carbocycles. The van der Waals surface area contributed by atoms with Crippen molar-refractivity contribution >= 4 is 23.6 Å². The van der Waals surface area contributed by atoms with Gasteiger partial charge in [0.15, 0.2) is 0 Å². The van der Waals surface area contributed by atoms with E-state index in [1.807, 2.05) is 47.4 Å². The summed E-state index contributed by atoms with van der Waals surface area (Å²) in [5.41, 5.74) is 2.91. The smallest absolute Gasteiger partial charge is 0.251 e. The molecule has 0 bridgehead atoms. The lowest BCUT2D eigenvalue weighted by Gasteiger charge is -2.24. The van der Waals surface area contributed by atoms with Crippen molar-refractivity contribution in [3.63, 3.8) is 0 Å². The van der Waals surface area contributed by atoms with Crippen molar-refractivity contribution < 1.29 is 9.59 Å². The van der Waals surface area contributed by atoms with Gasteiger partial charge in [0.05, 0.1) is 5.75 Å². The summed E-state index contributed by atoms with van der Waals surface area (Å²) in [5.74, 6) is 0.685. The SMILES string of the molecule is O=C(NC1CCCCCCC1)c1ccc([C@H]2SCC(=O)N2Cc2ccccc2)cc1. The van der Waals surface area contributed by atoms with Gasteiger partial charge in [0.2, 0.25) is 5.91 Å². The molecule has 0 unspecified atom stereocenters. The predicted octanol–water partition coefficient (Wildman–Crippen LogP) is 5.30. The monoisotopic (exact) mass is 422 g/mol. The van der Waals surface area contributed by atoms with Gasteiger partial charge in [-0.05, 0) is 36.1 Å². The predicted molar refractivity (Wildman–Crippen MR) is 122 cm³/mol. The highest BCUT2D eigenvalue weighted by Crippen LogP contribution is 2.39. The minimum absolute atomic E-state index is 0.000393. The molecule has 1 saturated carbocycles. The van der Waals surface area contributed by atoms with Crippen LogP contribution in [0.15, 0.2) is 54.6 Å². The van der Waals surface area contributed by atoms with Crippen molar-refractivity contribution in [2.75, 3.05) is 5.75 Å². The summed E-state index contributed by atoms with van der Waals surface area (Å²) in [4.78, 5) is 27.1. The van der Waals surface area contributed by atoms with Crippen LogP contribution in [0.3, 0.4) is 0 Å². The van der Waals surface area contributed by atoms with Gasteiger partial charge in [-0.2, -0.15) is 0 Å². The Labute approximate surface area is 183 Å². The molecule has 1 N–H and O–H groups in total. The summed E-state index contributed by atoms with van der Waals surface area (Å²) in [6.07, 6.45) is 8.45. The van der Waals surface area contributed by atoms with Crippen LogP contribution in [-0.4, -0.2) is 28.5 Å². The van der Waals surface area contributed by atoms with Crippen molar-refractivity contribution in [1.29, 1.82) is 0 Å². The van der Waals surface area contributed by atoms with Crippen molar-refractivity contribution in [2.45, 2.75) is 62.9 Å². The van der Waals surface area contributed by atoms with E-state index in [1.54, 1.807) is 11.8 Å². The molecule has 2 aromatic rings. The fourth-order valence-electron chi connectivity index (χ4n) is 4.35. The number of carbonyl (C=O) groups is 2. The summed E-state index contributed by atoms with van der Waals surface area (Å²) in [7, 11) is 0. The highest BCUT2D eigenvalue weighted by molar-refractivity contribution is 8.00. The molecule has 1 atom stereocenters. The van der Waals surface area contributed by atoms with E-state index < -0.39 is 0 Å². The maximum Gasteiger partial charge on any atom is 0.251 e. The molecule has 0 spiro atoms. The van der Waals surface area contributed by atoms with Gasteiger partial charge in [-0.25, -0.2) is 0 Å². The Morgan fingerprint density at radius 2 is 1.60 bits per heavy atom. The van der Waals surface area contributed by atoms with E-state index in [-0.39, 0.29) is 17.2 Å². The minimum Gasteiger partial charge on any atom is -0.349 e. The largest absolute Gasteiger partial charge is 0.349 e. The zero-order valence-electron chi connectivity index (χ0n) is 17.4. The highest BCUT2D eigenvalue weighted by Gasteiger charge is 2.32. The molecule has 0 aromatic heterocycles. The number of rotatable bonds is 5. The van der Waals surface area contributed by atoms with Crippen molar-refractivity contribution in [3.8, 4) is 0 Å². The van der Waals surface area contributed by atoms with Crippen LogP contribution in [0, 0.1) is 0 Å². The fourth-order valence-corrected chi connectivity index (χ4v) is 5.54. The molecule has 1 saturated heterocycles. The van der Waals surface area contributed by atoms with Crippen LogP contribution in [0.25, 0.3) is 0 Å². The van der Waals surface area contributed by atoms with Crippen molar-refractivity contribution in [3.05, 3.63) is 71.3 Å². The second-order valence-electron chi connectivity index (χ2n) is 8.31. The number of hydrogen-bond donors (Lipinski definition) is 1. The van der Waals surface area contributed by atoms with Crippen LogP contribution in [0.5, 0.6) is 0 Å². The first-order chi connectivity index (χ1) is 14.7. The summed E-state index contributed by atoms with van der Waals surface area (Å²) in [6.45, 7) is 0.612. The molecular weight excluding hydrogens is 392 g/mol. The van der Waals surface area contributed by atoms with E-state index in [2.05, 4.69) is 17.4 Å². The van der Waals surface area contributed by atoms with Crippen molar-refractivity contribution in [1.82, 2.24) is 10.2 Å². The first-order valence-corrected chi connectivity index (χ1v) is 12.1. The van der Waals surface area contributed by atoms with Gasteiger partial charge < -0.3 is 10.2 Å². The van der Waals surface area contributed by atoms with Crippen LogP contribution >= 0.6 is 11.8 Å². The lowest BCUT2D eigenvalue weighted by molar-refractivity contribution is -0.128.